The Balaban J connectivity index is 1.87. The van der Waals surface area contributed by atoms with E-state index in [1.54, 1.807) is 25.3 Å². The summed E-state index contributed by atoms with van der Waals surface area (Å²) in [5, 5.41) is 11.3. The van der Waals surface area contributed by atoms with Gasteiger partial charge in [-0.3, -0.25) is 9.59 Å². The molecule has 148 valence electrons. The van der Waals surface area contributed by atoms with E-state index in [2.05, 4.69) is 29.5 Å². The fraction of sp³-hybridized carbons (Fsp3) is 0.400. The molecular formula is C20H25N5O3. The maximum Gasteiger partial charge on any atom is 0.277 e. The first kappa shape index (κ1) is 19.8. The second-order valence-corrected chi connectivity index (χ2v) is 7.11. The van der Waals surface area contributed by atoms with E-state index in [0.717, 1.165) is 0 Å². The molecule has 0 unspecified atom stereocenters. The Morgan fingerprint density at radius 3 is 2.68 bits per heavy atom. The molecule has 28 heavy (non-hydrogen) atoms. The Kier molecular flexibility index (Phi) is 6.20. The molecule has 0 fully saturated rings. The lowest BCUT2D eigenvalue weighted by Crippen LogP contribution is -2.27. The molecule has 3 aromatic rings. The van der Waals surface area contributed by atoms with Gasteiger partial charge in [0, 0.05) is 25.2 Å². The monoisotopic (exact) mass is 383 g/mol. The summed E-state index contributed by atoms with van der Waals surface area (Å²) in [4.78, 5) is 25.5. The molecule has 0 saturated heterocycles. The number of anilines is 1. The molecule has 0 radical (unpaired) electrons. The minimum absolute atomic E-state index is 0.119. The smallest absolute Gasteiger partial charge is 0.277 e. The molecular weight excluding hydrogens is 358 g/mol. The highest BCUT2D eigenvalue weighted by Crippen LogP contribution is 2.21. The molecule has 8 heteroatoms. The highest BCUT2D eigenvalue weighted by Gasteiger charge is 2.21. The van der Waals surface area contributed by atoms with Crippen LogP contribution in [0.25, 0.3) is 10.9 Å². The molecule has 1 aromatic carbocycles. The zero-order valence-corrected chi connectivity index (χ0v) is 16.3. The number of benzene rings is 1. The van der Waals surface area contributed by atoms with Crippen LogP contribution in [0.3, 0.4) is 0 Å². The third kappa shape index (κ3) is 4.45. The number of rotatable bonds is 8. The number of hydrogen-bond donors (Lipinski definition) is 1. The summed E-state index contributed by atoms with van der Waals surface area (Å²) in [6, 6.07) is 8.55. The first-order chi connectivity index (χ1) is 13.5. The molecule has 1 N–H and O–H groups in total. The zero-order valence-electron chi connectivity index (χ0n) is 16.3. The molecule has 1 amide bonds. The number of carbonyl (C=O) groups excluding carboxylic acids is 1. The highest BCUT2D eigenvalue weighted by atomic mass is 16.5. The number of amides is 1. The van der Waals surface area contributed by atoms with Crippen LogP contribution in [-0.2, 0) is 16.1 Å². The highest BCUT2D eigenvalue weighted by molar-refractivity contribution is 5.95. The van der Waals surface area contributed by atoms with E-state index in [0.29, 0.717) is 42.1 Å². The maximum atomic E-state index is 12.9. The van der Waals surface area contributed by atoms with E-state index in [-0.39, 0.29) is 17.5 Å². The first-order valence-electron chi connectivity index (χ1n) is 9.29. The van der Waals surface area contributed by atoms with Gasteiger partial charge in [-0.15, -0.1) is 5.10 Å². The number of nitrogens with zero attached hydrogens (tertiary/aromatic N) is 4. The predicted octanol–water partition coefficient (Wildman–Crippen LogP) is 2.47. The molecule has 0 aliphatic rings. The zero-order chi connectivity index (χ0) is 20.1. The van der Waals surface area contributed by atoms with Crippen LogP contribution in [0.4, 0.5) is 5.69 Å². The lowest BCUT2D eigenvalue weighted by Gasteiger charge is -2.20. The molecule has 0 spiro atoms. The summed E-state index contributed by atoms with van der Waals surface area (Å²) < 4.78 is 8.16. The number of carbonyl (C=O) groups is 1. The van der Waals surface area contributed by atoms with Gasteiger partial charge < -0.3 is 14.6 Å². The van der Waals surface area contributed by atoms with Crippen LogP contribution < -0.4 is 10.9 Å². The fourth-order valence-electron chi connectivity index (χ4n) is 3.07. The van der Waals surface area contributed by atoms with E-state index in [9.17, 15) is 9.59 Å². The lowest BCUT2D eigenvalue weighted by atomic mass is 10.0. The van der Waals surface area contributed by atoms with Crippen LogP contribution in [-0.4, -0.2) is 39.2 Å². The Labute approximate surface area is 163 Å². The van der Waals surface area contributed by atoms with Gasteiger partial charge in [0.05, 0.1) is 18.5 Å². The number of nitrogens with one attached hydrogen (secondary N) is 1. The van der Waals surface area contributed by atoms with Gasteiger partial charge in [0.2, 0.25) is 5.91 Å². The largest absolute Gasteiger partial charge is 0.383 e. The van der Waals surface area contributed by atoms with Crippen molar-refractivity contribution in [3.8, 4) is 0 Å². The second kappa shape index (κ2) is 8.79. The van der Waals surface area contributed by atoms with Crippen LogP contribution in [0, 0.1) is 5.92 Å². The Hall–Kier alpha value is -3.00. The standard InChI is InChI=1S/C20H25N5O3/c1-14(2)12-18(24-8-4-5-9-24)19(26)21-15-6-7-17-16(13-15)20(27)25(23-22-17)10-11-28-3/h4-9,13-14,18H,10-12H2,1-3H3,(H,21,26)/t18-/m0/s1. The van der Waals surface area contributed by atoms with Crippen molar-refractivity contribution in [1.29, 1.82) is 0 Å². The molecule has 0 aliphatic carbocycles. The van der Waals surface area contributed by atoms with E-state index in [1.807, 2.05) is 29.1 Å². The molecule has 0 saturated carbocycles. The minimum Gasteiger partial charge on any atom is -0.383 e. The van der Waals surface area contributed by atoms with Crippen molar-refractivity contribution in [1.82, 2.24) is 19.6 Å². The summed E-state index contributed by atoms with van der Waals surface area (Å²) in [5.74, 6) is 0.240. The predicted molar refractivity (Wildman–Crippen MR) is 107 cm³/mol. The molecule has 2 aromatic heterocycles. The summed E-state index contributed by atoms with van der Waals surface area (Å²) in [5.41, 5.74) is 0.782. The van der Waals surface area contributed by atoms with Crippen LogP contribution in [0.1, 0.15) is 26.3 Å². The van der Waals surface area contributed by atoms with Gasteiger partial charge in [0.25, 0.3) is 5.56 Å². The fourth-order valence-corrected chi connectivity index (χ4v) is 3.07. The summed E-state index contributed by atoms with van der Waals surface area (Å²) in [6.07, 6.45) is 4.48. The number of ether oxygens (including phenoxy) is 1. The van der Waals surface area contributed by atoms with Gasteiger partial charge in [-0.25, -0.2) is 4.68 Å². The number of fused-ring (bicyclic) bond motifs is 1. The van der Waals surface area contributed by atoms with Crippen LogP contribution >= 0.6 is 0 Å². The first-order valence-corrected chi connectivity index (χ1v) is 9.29. The van der Waals surface area contributed by atoms with Crippen LogP contribution in [0.15, 0.2) is 47.5 Å². The Morgan fingerprint density at radius 2 is 2.00 bits per heavy atom. The van der Waals surface area contributed by atoms with Gasteiger partial charge in [-0.05, 0) is 42.7 Å². The van der Waals surface area contributed by atoms with Gasteiger partial charge in [-0.2, -0.15) is 0 Å². The topological polar surface area (TPSA) is 91.0 Å². The normalized spacial score (nSPS) is 12.4. The van der Waals surface area contributed by atoms with E-state index in [4.69, 9.17) is 4.74 Å². The van der Waals surface area contributed by atoms with Crippen molar-refractivity contribution in [3.63, 3.8) is 0 Å². The third-order valence-corrected chi connectivity index (χ3v) is 4.48. The molecule has 0 bridgehead atoms. The molecule has 0 aliphatic heterocycles. The second-order valence-electron chi connectivity index (χ2n) is 7.11. The van der Waals surface area contributed by atoms with Crippen molar-refractivity contribution in [2.24, 2.45) is 5.92 Å². The number of methoxy groups -OCH3 is 1. The van der Waals surface area contributed by atoms with Crippen molar-refractivity contribution in [2.75, 3.05) is 19.0 Å². The average Bonchev–Trinajstić information content (AvgIpc) is 3.20. The number of aromatic nitrogens is 4. The summed E-state index contributed by atoms with van der Waals surface area (Å²) >= 11 is 0. The van der Waals surface area contributed by atoms with Crippen molar-refractivity contribution < 1.29 is 9.53 Å². The molecule has 3 rings (SSSR count). The lowest BCUT2D eigenvalue weighted by molar-refractivity contribution is -0.119. The van der Waals surface area contributed by atoms with E-state index < -0.39 is 0 Å². The summed E-state index contributed by atoms with van der Waals surface area (Å²) in [6.45, 7) is 4.85. The Morgan fingerprint density at radius 1 is 1.25 bits per heavy atom. The van der Waals surface area contributed by atoms with Crippen LogP contribution in [0.5, 0.6) is 0 Å². The Bertz CT molecular complexity index is 995. The quantitative estimate of drug-likeness (QED) is 0.645. The molecule has 8 nitrogen and oxygen atoms in total. The van der Waals surface area contributed by atoms with Gasteiger partial charge in [-0.1, -0.05) is 19.1 Å². The van der Waals surface area contributed by atoms with E-state index >= 15 is 0 Å². The minimum atomic E-state index is -0.320. The third-order valence-electron chi connectivity index (χ3n) is 4.48. The van der Waals surface area contributed by atoms with Gasteiger partial charge in [0.15, 0.2) is 0 Å². The van der Waals surface area contributed by atoms with E-state index in [1.165, 1.54) is 4.68 Å². The van der Waals surface area contributed by atoms with Crippen LogP contribution in [0.2, 0.25) is 0 Å². The average molecular weight is 383 g/mol. The number of hydrogen-bond acceptors (Lipinski definition) is 5. The van der Waals surface area contributed by atoms with Gasteiger partial charge >= 0.3 is 0 Å². The summed E-state index contributed by atoms with van der Waals surface area (Å²) in [7, 11) is 1.56. The molecule has 2 heterocycles. The molecule has 1 atom stereocenters. The van der Waals surface area contributed by atoms with Crippen molar-refractivity contribution >= 4 is 22.5 Å². The van der Waals surface area contributed by atoms with Gasteiger partial charge in [0.1, 0.15) is 11.6 Å². The SMILES string of the molecule is COCCn1nnc2ccc(NC(=O)[C@H](CC(C)C)n3cccc3)cc2c1=O. The van der Waals surface area contributed by atoms with Crippen molar-refractivity contribution in [3.05, 3.63) is 53.1 Å². The maximum absolute atomic E-state index is 12.9. The van der Waals surface area contributed by atoms with Crippen molar-refractivity contribution in [2.45, 2.75) is 32.9 Å².